The van der Waals surface area contributed by atoms with E-state index in [1.165, 1.54) is 0 Å². The molecule has 1 rings (SSSR count). The Morgan fingerprint density at radius 3 is 2.43 bits per heavy atom. The molecule has 2 radical (unpaired) electrons. The molecule has 0 N–H and O–H groups in total. The first-order valence-corrected chi connectivity index (χ1v) is 1.81. The van der Waals surface area contributed by atoms with Gasteiger partial charge >= 0.3 is 0 Å². The Morgan fingerprint density at radius 2 is 2.29 bits per heavy atom. The van der Waals surface area contributed by atoms with E-state index in [4.69, 9.17) is 0 Å². The molecular weight excluding hydrogens is 92.1 g/mol. The SMILES string of the molecule is Cn1ccnc1.[O]. The minimum absolute atomic E-state index is 0. The summed E-state index contributed by atoms with van der Waals surface area (Å²) < 4.78 is 1.89. The van der Waals surface area contributed by atoms with Gasteiger partial charge in [0.1, 0.15) is 0 Å². The number of rotatable bonds is 0. The molecule has 38 valence electrons. The van der Waals surface area contributed by atoms with Crippen molar-refractivity contribution in [1.29, 1.82) is 0 Å². The van der Waals surface area contributed by atoms with E-state index in [1.54, 1.807) is 12.5 Å². The minimum atomic E-state index is 0. The number of hydrogen-bond donors (Lipinski definition) is 0. The van der Waals surface area contributed by atoms with Gasteiger partial charge < -0.3 is 4.57 Å². The van der Waals surface area contributed by atoms with Crippen molar-refractivity contribution >= 4 is 0 Å². The third-order valence-electron chi connectivity index (χ3n) is 0.637. The zero-order chi connectivity index (χ0) is 4.41. The van der Waals surface area contributed by atoms with E-state index in [1.807, 2.05) is 17.8 Å². The second-order valence-corrected chi connectivity index (χ2v) is 1.23. The van der Waals surface area contributed by atoms with Gasteiger partial charge in [0.15, 0.2) is 0 Å². The summed E-state index contributed by atoms with van der Waals surface area (Å²) in [6.45, 7) is 0. The maximum absolute atomic E-state index is 3.78. The van der Waals surface area contributed by atoms with Gasteiger partial charge in [-0.15, -0.1) is 0 Å². The highest BCUT2D eigenvalue weighted by atomic mass is 16.0. The molecule has 3 nitrogen and oxygen atoms in total. The Balaban J connectivity index is 0.000000360. The first kappa shape index (κ1) is 6.17. The van der Waals surface area contributed by atoms with E-state index in [0.29, 0.717) is 0 Å². The lowest BCUT2D eigenvalue weighted by molar-refractivity contribution is 0.686. The van der Waals surface area contributed by atoms with Crippen molar-refractivity contribution in [2.45, 2.75) is 0 Å². The van der Waals surface area contributed by atoms with Crippen LogP contribution >= 0.6 is 0 Å². The molecule has 0 saturated heterocycles. The highest BCUT2D eigenvalue weighted by Gasteiger charge is 1.69. The van der Waals surface area contributed by atoms with Gasteiger partial charge in [0.2, 0.25) is 0 Å². The van der Waals surface area contributed by atoms with Crippen LogP contribution in [-0.4, -0.2) is 9.55 Å². The summed E-state index contributed by atoms with van der Waals surface area (Å²) in [5.41, 5.74) is 0. The van der Waals surface area contributed by atoms with Crippen molar-refractivity contribution in [1.82, 2.24) is 9.55 Å². The van der Waals surface area contributed by atoms with Gasteiger partial charge in [-0.2, -0.15) is 0 Å². The number of hydrogen-bond acceptors (Lipinski definition) is 1. The molecule has 0 unspecified atom stereocenters. The van der Waals surface area contributed by atoms with Crippen LogP contribution in [0.4, 0.5) is 0 Å². The molecule has 0 aliphatic carbocycles. The smallest absolute Gasteiger partial charge is 0.0943 e. The first-order chi connectivity index (χ1) is 2.89. The molecule has 0 spiro atoms. The molecular formula is C4H6N2O. The second-order valence-electron chi connectivity index (χ2n) is 1.23. The quantitative estimate of drug-likeness (QED) is 0.460. The lowest BCUT2D eigenvalue weighted by Gasteiger charge is -1.76. The summed E-state index contributed by atoms with van der Waals surface area (Å²) in [5, 5.41) is 0. The first-order valence-electron chi connectivity index (χ1n) is 1.81. The monoisotopic (exact) mass is 98.0 g/mol. The van der Waals surface area contributed by atoms with Crippen LogP contribution in [0, 0.1) is 0 Å². The van der Waals surface area contributed by atoms with Gasteiger partial charge in [0.05, 0.1) is 6.33 Å². The molecule has 0 saturated carbocycles. The lowest BCUT2D eigenvalue weighted by Crippen LogP contribution is -1.76. The Bertz CT molecular complexity index is 113. The van der Waals surface area contributed by atoms with Gasteiger partial charge in [-0.05, 0) is 0 Å². The third-order valence-corrected chi connectivity index (χ3v) is 0.637. The Hall–Kier alpha value is -0.830. The molecule has 1 aromatic rings. The number of aromatic nitrogens is 2. The molecule has 0 bridgehead atoms. The fourth-order valence-corrected chi connectivity index (χ4v) is 0.326. The van der Waals surface area contributed by atoms with E-state index in [-0.39, 0.29) is 5.48 Å². The summed E-state index contributed by atoms with van der Waals surface area (Å²) in [6, 6.07) is 0. The number of nitrogens with zero attached hydrogens (tertiary/aromatic N) is 2. The zero-order valence-electron chi connectivity index (χ0n) is 4.03. The van der Waals surface area contributed by atoms with Crippen LogP contribution in [0.25, 0.3) is 0 Å². The fraction of sp³-hybridized carbons (Fsp3) is 0.250. The van der Waals surface area contributed by atoms with E-state index < -0.39 is 0 Å². The lowest BCUT2D eigenvalue weighted by atomic mass is 10.9. The number of imidazole rings is 1. The molecule has 3 heteroatoms. The molecule has 0 aliphatic rings. The van der Waals surface area contributed by atoms with Crippen molar-refractivity contribution in [3.63, 3.8) is 0 Å². The van der Waals surface area contributed by atoms with Crippen molar-refractivity contribution in [3.8, 4) is 0 Å². The van der Waals surface area contributed by atoms with Crippen molar-refractivity contribution in [2.75, 3.05) is 0 Å². The highest BCUT2D eigenvalue weighted by Crippen LogP contribution is 1.73. The predicted octanol–water partition coefficient (Wildman–Crippen LogP) is 0.301. The summed E-state index contributed by atoms with van der Waals surface area (Å²) in [4.78, 5) is 3.78. The second kappa shape index (κ2) is 2.36. The van der Waals surface area contributed by atoms with Crippen LogP contribution in [0.2, 0.25) is 0 Å². The fourth-order valence-electron chi connectivity index (χ4n) is 0.326. The average Bonchev–Trinajstić information content (AvgIpc) is 1.86. The van der Waals surface area contributed by atoms with E-state index in [0.717, 1.165) is 0 Å². The van der Waals surface area contributed by atoms with E-state index >= 15 is 0 Å². The van der Waals surface area contributed by atoms with Gasteiger partial charge in [-0.25, -0.2) is 4.98 Å². The van der Waals surface area contributed by atoms with E-state index in [9.17, 15) is 0 Å². The maximum Gasteiger partial charge on any atom is 0.0943 e. The van der Waals surface area contributed by atoms with Gasteiger partial charge in [0, 0.05) is 24.9 Å². The molecule has 0 fully saturated rings. The Morgan fingerprint density at radius 1 is 1.57 bits per heavy atom. The van der Waals surface area contributed by atoms with Crippen molar-refractivity contribution < 1.29 is 5.48 Å². The molecule has 1 aromatic heterocycles. The Labute approximate surface area is 41.9 Å². The molecule has 7 heavy (non-hydrogen) atoms. The highest BCUT2D eigenvalue weighted by molar-refractivity contribution is 4.70. The van der Waals surface area contributed by atoms with Crippen LogP contribution in [0.3, 0.4) is 0 Å². The largest absolute Gasteiger partial charge is 0.341 e. The third kappa shape index (κ3) is 1.36. The molecule has 0 aromatic carbocycles. The zero-order valence-corrected chi connectivity index (χ0v) is 4.03. The maximum atomic E-state index is 3.78. The summed E-state index contributed by atoms with van der Waals surface area (Å²) >= 11 is 0. The molecule has 1 heterocycles. The van der Waals surface area contributed by atoms with E-state index in [2.05, 4.69) is 4.98 Å². The van der Waals surface area contributed by atoms with Gasteiger partial charge in [-0.3, -0.25) is 0 Å². The molecule has 0 atom stereocenters. The minimum Gasteiger partial charge on any atom is -0.341 e. The van der Waals surface area contributed by atoms with Crippen LogP contribution in [0.1, 0.15) is 0 Å². The molecule has 0 amide bonds. The summed E-state index contributed by atoms with van der Waals surface area (Å²) in [7, 11) is 1.94. The topological polar surface area (TPSA) is 46.3 Å². The predicted molar refractivity (Wildman–Crippen MR) is 23.9 cm³/mol. The van der Waals surface area contributed by atoms with Crippen molar-refractivity contribution in [3.05, 3.63) is 18.7 Å². The van der Waals surface area contributed by atoms with Crippen LogP contribution in [0.5, 0.6) is 0 Å². The van der Waals surface area contributed by atoms with Crippen molar-refractivity contribution in [2.24, 2.45) is 7.05 Å². The van der Waals surface area contributed by atoms with Gasteiger partial charge in [-0.1, -0.05) is 0 Å². The normalized spacial score (nSPS) is 7.57. The average molecular weight is 98.1 g/mol. The Kier molecular flexibility index (Phi) is 2.08. The van der Waals surface area contributed by atoms with Crippen LogP contribution < -0.4 is 0 Å². The van der Waals surface area contributed by atoms with Crippen LogP contribution in [0.15, 0.2) is 18.7 Å². The standard InChI is InChI=1S/C4H6N2.O/c1-6-3-2-5-4-6;/h2-4H,1H3;. The van der Waals surface area contributed by atoms with Gasteiger partial charge in [0.25, 0.3) is 0 Å². The summed E-state index contributed by atoms with van der Waals surface area (Å²) in [6.07, 6.45) is 5.39. The number of aryl methyl sites for hydroxylation is 1. The van der Waals surface area contributed by atoms with Crippen LogP contribution in [-0.2, 0) is 12.5 Å². The molecule has 0 aliphatic heterocycles. The summed E-state index contributed by atoms with van der Waals surface area (Å²) in [5.74, 6) is 0.